The number of hydrogen-bond donors (Lipinski definition) is 1. The number of nitrogens with zero attached hydrogens (tertiary/aromatic N) is 4. The van der Waals surface area contributed by atoms with Crippen LogP contribution in [0.3, 0.4) is 0 Å². The Balaban J connectivity index is 1.40. The van der Waals surface area contributed by atoms with E-state index in [-0.39, 0.29) is 5.91 Å². The average Bonchev–Trinajstić information content (AvgIpc) is 3.08. The van der Waals surface area contributed by atoms with Crippen LogP contribution >= 0.6 is 0 Å². The van der Waals surface area contributed by atoms with Gasteiger partial charge in [-0.3, -0.25) is 9.69 Å². The maximum Gasteiger partial charge on any atom is 0.236 e. The molecule has 0 spiro atoms. The largest absolute Gasteiger partial charge is 0.378 e. The summed E-state index contributed by atoms with van der Waals surface area (Å²) in [5.74, 6) is 1.51. The van der Waals surface area contributed by atoms with Crippen LogP contribution in [0.2, 0.25) is 0 Å². The summed E-state index contributed by atoms with van der Waals surface area (Å²) in [6.45, 7) is 5.95. The molecule has 7 heteroatoms. The highest BCUT2D eigenvalue weighted by Gasteiger charge is 2.26. The third kappa shape index (κ3) is 4.43. The quantitative estimate of drug-likeness (QED) is 0.849. The first-order chi connectivity index (χ1) is 11.7. The summed E-state index contributed by atoms with van der Waals surface area (Å²) in [7, 11) is 0. The average molecular weight is 329 g/mol. The number of carbonyl (C=O) groups is 1. The van der Waals surface area contributed by atoms with Gasteiger partial charge in [0.15, 0.2) is 0 Å². The summed E-state index contributed by atoms with van der Waals surface area (Å²) in [5, 5.41) is 12.1. The highest BCUT2D eigenvalue weighted by Crippen LogP contribution is 2.17. The van der Waals surface area contributed by atoms with Gasteiger partial charge in [-0.15, -0.1) is 0 Å². The molecular formula is C17H23N5O2. The van der Waals surface area contributed by atoms with Gasteiger partial charge in [0.05, 0.1) is 25.3 Å². The van der Waals surface area contributed by atoms with Crippen LogP contribution in [0, 0.1) is 17.2 Å². The maximum atomic E-state index is 12.3. The van der Waals surface area contributed by atoms with Crippen LogP contribution in [-0.2, 0) is 9.53 Å². The molecule has 1 aromatic rings. The maximum absolute atomic E-state index is 12.3. The normalized spacial score (nSPS) is 21.5. The van der Waals surface area contributed by atoms with E-state index in [1.165, 1.54) is 0 Å². The lowest BCUT2D eigenvalue weighted by Gasteiger charge is -2.28. The molecule has 7 nitrogen and oxygen atoms in total. The molecule has 1 amide bonds. The molecular weight excluding hydrogens is 306 g/mol. The molecule has 2 saturated heterocycles. The first-order valence-electron chi connectivity index (χ1n) is 8.42. The standard InChI is InChI=1S/C17H23N5O2/c18-9-14-1-2-16(19-10-14)20-11-15-3-4-21(12-15)13-17(23)22-5-7-24-8-6-22/h1-2,10,15H,3-8,11-13H2,(H,19,20)/t15-/m1/s1. The van der Waals surface area contributed by atoms with Gasteiger partial charge < -0.3 is 15.0 Å². The number of pyridine rings is 1. The van der Waals surface area contributed by atoms with Gasteiger partial charge in [0, 0.05) is 32.4 Å². The van der Waals surface area contributed by atoms with E-state index in [0.29, 0.717) is 44.3 Å². The second kappa shape index (κ2) is 8.08. The second-order valence-corrected chi connectivity index (χ2v) is 6.31. The van der Waals surface area contributed by atoms with Crippen molar-refractivity contribution in [2.24, 2.45) is 5.92 Å². The number of likely N-dealkylation sites (tertiary alicyclic amines) is 1. The number of aromatic nitrogens is 1. The van der Waals surface area contributed by atoms with Crippen LogP contribution in [0.15, 0.2) is 18.3 Å². The molecule has 0 unspecified atom stereocenters. The number of nitriles is 1. The molecule has 1 N–H and O–H groups in total. The van der Waals surface area contributed by atoms with Crippen LogP contribution in [-0.4, -0.2) is 73.2 Å². The molecule has 0 saturated carbocycles. The van der Waals surface area contributed by atoms with Crippen molar-refractivity contribution in [1.82, 2.24) is 14.8 Å². The number of anilines is 1. The van der Waals surface area contributed by atoms with E-state index in [1.54, 1.807) is 12.3 Å². The Kier molecular flexibility index (Phi) is 5.62. The van der Waals surface area contributed by atoms with Crippen LogP contribution in [0.1, 0.15) is 12.0 Å². The van der Waals surface area contributed by atoms with Crippen LogP contribution in [0.25, 0.3) is 0 Å². The predicted molar refractivity (Wildman–Crippen MR) is 89.4 cm³/mol. The third-order valence-corrected chi connectivity index (χ3v) is 4.56. The fourth-order valence-corrected chi connectivity index (χ4v) is 3.14. The zero-order valence-electron chi connectivity index (χ0n) is 13.8. The molecule has 1 aromatic heterocycles. The van der Waals surface area contributed by atoms with E-state index in [9.17, 15) is 4.79 Å². The van der Waals surface area contributed by atoms with Crippen LogP contribution in [0.4, 0.5) is 5.82 Å². The van der Waals surface area contributed by atoms with E-state index in [1.807, 2.05) is 11.0 Å². The van der Waals surface area contributed by atoms with Gasteiger partial charge in [-0.2, -0.15) is 5.26 Å². The lowest BCUT2D eigenvalue weighted by molar-refractivity contribution is -0.136. The Morgan fingerprint density at radius 1 is 1.38 bits per heavy atom. The molecule has 2 fully saturated rings. The van der Waals surface area contributed by atoms with Crippen LogP contribution in [0.5, 0.6) is 0 Å². The van der Waals surface area contributed by atoms with Crippen molar-refractivity contribution in [1.29, 1.82) is 5.26 Å². The Labute approximate surface area is 142 Å². The minimum Gasteiger partial charge on any atom is -0.378 e. The Hall–Kier alpha value is -2.17. The number of morpholine rings is 1. The number of nitrogens with one attached hydrogen (secondary N) is 1. The molecule has 2 aliphatic rings. The summed E-state index contributed by atoms with van der Waals surface area (Å²) < 4.78 is 5.29. The summed E-state index contributed by atoms with van der Waals surface area (Å²) in [6, 6.07) is 5.65. The summed E-state index contributed by atoms with van der Waals surface area (Å²) in [4.78, 5) is 20.6. The van der Waals surface area contributed by atoms with Crippen molar-refractivity contribution in [3.05, 3.63) is 23.9 Å². The number of hydrogen-bond acceptors (Lipinski definition) is 6. The summed E-state index contributed by atoms with van der Waals surface area (Å²) in [6.07, 6.45) is 2.66. The van der Waals surface area contributed by atoms with E-state index in [2.05, 4.69) is 21.3 Å². The minimum absolute atomic E-state index is 0.209. The van der Waals surface area contributed by atoms with E-state index in [4.69, 9.17) is 10.00 Å². The van der Waals surface area contributed by atoms with Gasteiger partial charge in [0.1, 0.15) is 11.9 Å². The van der Waals surface area contributed by atoms with E-state index >= 15 is 0 Å². The molecule has 0 aromatic carbocycles. The first-order valence-corrected chi connectivity index (χ1v) is 8.42. The second-order valence-electron chi connectivity index (χ2n) is 6.31. The molecule has 3 heterocycles. The molecule has 0 radical (unpaired) electrons. The fourth-order valence-electron chi connectivity index (χ4n) is 3.14. The Morgan fingerprint density at radius 3 is 2.92 bits per heavy atom. The fraction of sp³-hybridized carbons (Fsp3) is 0.588. The first kappa shape index (κ1) is 16.7. The van der Waals surface area contributed by atoms with Gasteiger partial charge in [-0.1, -0.05) is 0 Å². The topological polar surface area (TPSA) is 81.5 Å². The molecule has 1 atom stereocenters. The van der Waals surface area contributed by atoms with Crippen molar-refractivity contribution in [2.45, 2.75) is 6.42 Å². The predicted octanol–water partition coefficient (Wildman–Crippen LogP) is 0.546. The van der Waals surface area contributed by atoms with E-state index in [0.717, 1.165) is 31.9 Å². The van der Waals surface area contributed by atoms with Crippen molar-refractivity contribution >= 4 is 11.7 Å². The number of ether oxygens (including phenoxy) is 1. The van der Waals surface area contributed by atoms with Gasteiger partial charge in [0.2, 0.25) is 5.91 Å². The zero-order chi connectivity index (χ0) is 16.8. The van der Waals surface area contributed by atoms with Crippen molar-refractivity contribution < 1.29 is 9.53 Å². The van der Waals surface area contributed by atoms with Crippen molar-refractivity contribution in [3.63, 3.8) is 0 Å². The summed E-state index contributed by atoms with van der Waals surface area (Å²) in [5.41, 5.74) is 0.564. The van der Waals surface area contributed by atoms with Gasteiger partial charge in [-0.25, -0.2) is 4.98 Å². The van der Waals surface area contributed by atoms with Crippen LogP contribution < -0.4 is 5.32 Å². The van der Waals surface area contributed by atoms with Crippen molar-refractivity contribution in [2.75, 3.05) is 57.8 Å². The molecule has 0 bridgehead atoms. The summed E-state index contributed by atoms with van der Waals surface area (Å²) >= 11 is 0. The number of rotatable bonds is 5. The highest BCUT2D eigenvalue weighted by molar-refractivity contribution is 5.78. The van der Waals surface area contributed by atoms with E-state index < -0.39 is 0 Å². The minimum atomic E-state index is 0.209. The molecule has 0 aliphatic carbocycles. The number of carbonyl (C=O) groups excluding carboxylic acids is 1. The van der Waals surface area contributed by atoms with Crippen molar-refractivity contribution in [3.8, 4) is 6.07 Å². The monoisotopic (exact) mass is 329 g/mol. The number of amides is 1. The smallest absolute Gasteiger partial charge is 0.236 e. The molecule has 128 valence electrons. The highest BCUT2D eigenvalue weighted by atomic mass is 16.5. The lowest BCUT2D eigenvalue weighted by atomic mass is 10.1. The lowest BCUT2D eigenvalue weighted by Crippen LogP contribution is -2.45. The zero-order valence-corrected chi connectivity index (χ0v) is 13.8. The molecule has 24 heavy (non-hydrogen) atoms. The Bertz CT molecular complexity index is 592. The molecule has 2 aliphatic heterocycles. The van der Waals surface area contributed by atoms with Gasteiger partial charge in [-0.05, 0) is 31.0 Å². The molecule has 3 rings (SSSR count). The van der Waals surface area contributed by atoms with Gasteiger partial charge in [0.25, 0.3) is 0 Å². The van der Waals surface area contributed by atoms with Gasteiger partial charge >= 0.3 is 0 Å². The third-order valence-electron chi connectivity index (χ3n) is 4.56. The SMILES string of the molecule is N#Cc1ccc(NC[C@H]2CCN(CC(=O)N3CCOCC3)C2)nc1. The Morgan fingerprint density at radius 2 is 2.21 bits per heavy atom.